The first-order chi connectivity index (χ1) is 9.54. The molecule has 0 atom stereocenters. The van der Waals surface area contributed by atoms with Crippen LogP contribution in [0.4, 0.5) is 5.95 Å². The fraction of sp³-hybridized carbons (Fsp3) is 0.0833. The number of nitrogens with zero attached hydrogens (tertiary/aromatic N) is 2. The highest BCUT2D eigenvalue weighted by Crippen LogP contribution is 2.30. The van der Waals surface area contributed by atoms with E-state index in [0.29, 0.717) is 11.4 Å². The van der Waals surface area contributed by atoms with Gasteiger partial charge in [-0.1, -0.05) is 0 Å². The summed E-state index contributed by atoms with van der Waals surface area (Å²) in [6, 6.07) is 3.79. The summed E-state index contributed by atoms with van der Waals surface area (Å²) in [5.41, 5.74) is 1.41. The van der Waals surface area contributed by atoms with Gasteiger partial charge in [-0.25, -0.2) is 0 Å². The molecule has 0 aliphatic carbocycles. The summed E-state index contributed by atoms with van der Waals surface area (Å²) in [6.07, 6.45) is 1.67. The average Bonchev–Trinajstić information content (AvgIpc) is 2.97. The van der Waals surface area contributed by atoms with Crippen LogP contribution >= 0.6 is 31.9 Å². The largest absolute Gasteiger partial charge is 0.360 e. The molecular weight excluding hydrogens is 390 g/mol. The predicted octanol–water partition coefficient (Wildman–Crippen LogP) is 3.37. The number of rotatable bonds is 2. The number of halogens is 2. The number of benzene rings is 1. The predicted molar refractivity (Wildman–Crippen MR) is 82.8 cm³/mol. The summed E-state index contributed by atoms with van der Waals surface area (Å²) in [4.78, 5) is 19.4. The van der Waals surface area contributed by atoms with Crippen LogP contribution < -0.4 is 5.32 Å². The van der Waals surface area contributed by atoms with Gasteiger partial charge < -0.3 is 4.98 Å². The topological polar surface area (TPSA) is 86.5 Å². The van der Waals surface area contributed by atoms with Gasteiger partial charge in [0, 0.05) is 26.0 Å². The van der Waals surface area contributed by atoms with Crippen molar-refractivity contribution >= 4 is 54.6 Å². The van der Waals surface area contributed by atoms with Crippen molar-refractivity contribution in [2.75, 3.05) is 5.32 Å². The Labute approximate surface area is 130 Å². The van der Waals surface area contributed by atoms with Gasteiger partial charge in [0.15, 0.2) is 0 Å². The Bertz CT molecular complexity index is 807. The smallest absolute Gasteiger partial charge is 0.260 e. The molecule has 0 aliphatic rings. The van der Waals surface area contributed by atoms with Crippen LogP contribution in [-0.4, -0.2) is 26.1 Å². The zero-order valence-electron chi connectivity index (χ0n) is 10.3. The molecule has 0 unspecified atom stereocenters. The quantitative estimate of drug-likeness (QED) is 0.618. The number of aryl methyl sites for hydroxylation is 1. The lowest BCUT2D eigenvalue weighted by atomic mass is 10.1. The zero-order chi connectivity index (χ0) is 14.3. The second-order valence-electron chi connectivity index (χ2n) is 4.21. The third-order valence-corrected chi connectivity index (χ3v) is 4.63. The molecule has 8 heteroatoms. The van der Waals surface area contributed by atoms with E-state index in [1.807, 2.05) is 12.1 Å². The maximum atomic E-state index is 12.2. The Morgan fingerprint density at radius 2 is 2.05 bits per heavy atom. The van der Waals surface area contributed by atoms with E-state index in [9.17, 15) is 4.79 Å². The lowest BCUT2D eigenvalue weighted by Gasteiger charge is -2.01. The fourth-order valence-electron chi connectivity index (χ4n) is 1.87. The van der Waals surface area contributed by atoms with E-state index in [0.717, 1.165) is 19.8 Å². The summed E-state index contributed by atoms with van der Waals surface area (Å²) in [5, 5.41) is 10.0. The summed E-state index contributed by atoms with van der Waals surface area (Å²) < 4.78 is 1.80. The molecule has 3 aromatic rings. The molecule has 2 aromatic heterocycles. The zero-order valence-corrected chi connectivity index (χ0v) is 13.5. The molecule has 6 nitrogen and oxygen atoms in total. The highest BCUT2D eigenvalue weighted by atomic mass is 79.9. The van der Waals surface area contributed by atoms with Crippen molar-refractivity contribution in [3.8, 4) is 0 Å². The Balaban J connectivity index is 1.97. The Morgan fingerprint density at radius 3 is 2.75 bits per heavy atom. The molecule has 0 bridgehead atoms. The van der Waals surface area contributed by atoms with Gasteiger partial charge in [0.05, 0.1) is 5.56 Å². The number of amides is 1. The minimum atomic E-state index is -0.260. The number of aromatic nitrogens is 4. The van der Waals surface area contributed by atoms with Crippen molar-refractivity contribution in [2.24, 2.45) is 0 Å². The Kier molecular flexibility index (Phi) is 3.35. The highest BCUT2D eigenvalue weighted by Gasteiger charge is 2.15. The van der Waals surface area contributed by atoms with Crippen LogP contribution in [0.15, 0.2) is 27.3 Å². The molecule has 0 saturated heterocycles. The molecular formula is C12H9Br2N5O. The summed E-state index contributed by atoms with van der Waals surface area (Å²) in [7, 11) is 0. The maximum Gasteiger partial charge on any atom is 0.260 e. The maximum absolute atomic E-state index is 12.2. The minimum absolute atomic E-state index is 0.260. The van der Waals surface area contributed by atoms with Crippen LogP contribution in [0.1, 0.15) is 16.2 Å². The molecule has 0 fully saturated rings. The highest BCUT2D eigenvalue weighted by molar-refractivity contribution is 9.13. The van der Waals surface area contributed by atoms with Crippen LogP contribution in [0.25, 0.3) is 10.9 Å². The molecule has 102 valence electrons. The molecule has 2 heterocycles. The van der Waals surface area contributed by atoms with Gasteiger partial charge in [0.1, 0.15) is 5.82 Å². The van der Waals surface area contributed by atoms with Crippen LogP contribution in [0.5, 0.6) is 0 Å². The Hall–Kier alpha value is -1.67. The SMILES string of the molecule is Cc1nc(NC(=O)c2c[nH]c3cc(Br)c(Br)cc23)n[nH]1. The minimum Gasteiger partial charge on any atom is -0.360 e. The second kappa shape index (κ2) is 5.02. The van der Waals surface area contributed by atoms with Gasteiger partial charge in [-0.05, 0) is 50.9 Å². The molecule has 3 rings (SSSR count). The lowest BCUT2D eigenvalue weighted by Crippen LogP contribution is -2.12. The van der Waals surface area contributed by atoms with Crippen molar-refractivity contribution in [2.45, 2.75) is 6.92 Å². The van der Waals surface area contributed by atoms with E-state index in [4.69, 9.17) is 0 Å². The van der Waals surface area contributed by atoms with Gasteiger partial charge in [-0.3, -0.25) is 15.2 Å². The van der Waals surface area contributed by atoms with Gasteiger partial charge in [0.2, 0.25) is 5.95 Å². The lowest BCUT2D eigenvalue weighted by molar-refractivity contribution is 0.102. The number of fused-ring (bicyclic) bond motifs is 1. The normalized spacial score (nSPS) is 10.9. The number of carbonyl (C=O) groups excluding carboxylic acids is 1. The van der Waals surface area contributed by atoms with Gasteiger partial charge in [-0.15, -0.1) is 5.10 Å². The van der Waals surface area contributed by atoms with Crippen molar-refractivity contribution < 1.29 is 4.79 Å². The van der Waals surface area contributed by atoms with Crippen molar-refractivity contribution in [3.63, 3.8) is 0 Å². The third kappa shape index (κ3) is 2.36. The number of aromatic amines is 2. The number of H-pyrrole nitrogens is 2. The summed E-state index contributed by atoms with van der Waals surface area (Å²) in [5.74, 6) is 0.647. The molecule has 20 heavy (non-hydrogen) atoms. The van der Waals surface area contributed by atoms with Gasteiger partial charge in [-0.2, -0.15) is 4.98 Å². The molecule has 0 saturated carbocycles. The first kappa shape index (κ1) is 13.3. The van der Waals surface area contributed by atoms with Crippen molar-refractivity contribution in [1.82, 2.24) is 20.2 Å². The number of nitrogens with one attached hydrogen (secondary N) is 3. The number of carbonyl (C=O) groups is 1. The molecule has 1 aromatic carbocycles. The second-order valence-corrected chi connectivity index (χ2v) is 5.92. The van der Waals surface area contributed by atoms with Crippen LogP contribution in [0.2, 0.25) is 0 Å². The van der Waals surface area contributed by atoms with Crippen molar-refractivity contribution in [3.05, 3.63) is 38.7 Å². The number of hydrogen-bond acceptors (Lipinski definition) is 3. The van der Waals surface area contributed by atoms with E-state index in [2.05, 4.69) is 57.3 Å². The first-order valence-corrected chi connectivity index (χ1v) is 7.29. The van der Waals surface area contributed by atoms with E-state index in [1.165, 1.54) is 0 Å². The number of anilines is 1. The van der Waals surface area contributed by atoms with Crippen LogP contribution in [-0.2, 0) is 0 Å². The molecule has 0 aliphatic heterocycles. The van der Waals surface area contributed by atoms with Crippen LogP contribution in [0, 0.1) is 6.92 Å². The van der Waals surface area contributed by atoms with E-state index in [1.54, 1.807) is 13.1 Å². The van der Waals surface area contributed by atoms with E-state index in [-0.39, 0.29) is 11.9 Å². The van der Waals surface area contributed by atoms with E-state index < -0.39 is 0 Å². The molecule has 0 radical (unpaired) electrons. The monoisotopic (exact) mass is 397 g/mol. The first-order valence-electron chi connectivity index (χ1n) is 5.71. The molecule has 1 amide bonds. The van der Waals surface area contributed by atoms with Crippen molar-refractivity contribution in [1.29, 1.82) is 0 Å². The third-order valence-electron chi connectivity index (χ3n) is 2.79. The van der Waals surface area contributed by atoms with Gasteiger partial charge in [0.25, 0.3) is 5.91 Å². The summed E-state index contributed by atoms with van der Waals surface area (Å²) >= 11 is 6.86. The van der Waals surface area contributed by atoms with Gasteiger partial charge >= 0.3 is 0 Å². The summed E-state index contributed by atoms with van der Waals surface area (Å²) in [6.45, 7) is 1.77. The Morgan fingerprint density at radius 1 is 1.30 bits per heavy atom. The molecule has 0 spiro atoms. The average molecular weight is 399 g/mol. The molecule has 3 N–H and O–H groups in total. The van der Waals surface area contributed by atoms with E-state index >= 15 is 0 Å². The fourth-order valence-corrected chi connectivity index (χ4v) is 2.56. The number of hydrogen-bond donors (Lipinski definition) is 3. The standard InChI is InChI=1S/C12H9Br2N5O/c1-5-16-12(19-18-5)17-11(20)7-4-15-10-3-9(14)8(13)2-6(7)10/h2-4,15H,1H3,(H2,16,17,18,19,20). The van der Waals surface area contributed by atoms with Crippen LogP contribution in [0.3, 0.4) is 0 Å².